The summed E-state index contributed by atoms with van der Waals surface area (Å²) in [7, 11) is 0. The van der Waals surface area contributed by atoms with Gasteiger partial charge in [-0.2, -0.15) is 0 Å². The molecule has 0 aliphatic heterocycles. The topological polar surface area (TPSA) is 38.3 Å². The van der Waals surface area contributed by atoms with Crippen molar-refractivity contribution >= 4 is 5.91 Å². The molecule has 0 saturated carbocycles. The van der Waals surface area contributed by atoms with Crippen LogP contribution in [0.25, 0.3) is 0 Å². The second-order valence-electron chi connectivity index (χ2n) is 4.28. The van der Waals surface area contributed by atoms with Gasteiger partial charge in [0, 0.05) is 6.04 Å². The first-order chi connectivity index (χ1) is 8.13. The predicted molar refractivity (Wildman–Crippen MR) is 69.2 cm³/mol. The first-order valence-electron chi connectivity index (χ1n) is 6.13. The fourth-order valence-corrected chi connectivity index (χ4v) is 1.58. The summed E-state index contributed by atoms with van der Waals surface area (Å²) in [5, 5.41) is 2.84. The van der Waals surface area contributed by atoms with Crippen LogP contribution in [0.15, 0.2) is 24.3 Å². The van der Waals surface area contributed by atoms with Gasteiger partial charge in [-0.05, 0) is 31.9 Å². The lowest BCUT2D eigenvalue weighted by molar-refractivity contribution is -0.122. The molecule has 1 N–H and O–H groups in total. The van der Waals surface area contributed by atoms with Crippen molar-refractivity contribution in [1.82, 2.24) is 5.32 Å². The highest BCUT2D eigenvalue weighted by Gasteiger charge is 2.05. The fourth-order valence-electron chi connectivity index (χ4n) is 1.58. The molecule has 3 heteroatoms. The van der Waals surface area contributed by atoms with Gasteiger partial charge < -0.3 is 10.1 Å². The molecule has 0 aliphatic rings. The number of ether oxygens (including phenoxy) is 1. The van der Waals surface area contributed by atoms with Gasteiger partial charge in [0.1, 0.15) is 5.75 Å². The number of aryl methyl sites for hydroxylation is 1. The second kappa shape index (κ2) is 6.94. The molecule has 0 atom stereocenters. The van der Waals surface area contributed by atoms with Gasteiger partial charge in [0.2, 0.25) is 5.91 Å². The van der Waals surface area contributed by atoms with E-state index in [0.29, 0.717) is 13.0 Å². The van der Waals surface area contributed by atoms with Crippen molar-refractivity contribution < 1.29 is 9.53 Å². The number of hydrogen-bond donors (Lipinski definition) is 1. The van der Waals surface area contributed by atoms with E-state index in [2.05, 4.69) is 12.2 Å². The molecule has 17 heavy (non-hydrogen) atoms. The number of carbonyl (C=O) groups excluding carboxylic acids is 1. The van der Waals surface area contributed by atoms with Gasteiger partial charge in [-0.15, -0.1) is 0 Å². The van der Waals surface area contributed by atoms with Crippen molar-refractivity contribution in [2.45, 2.75) is 39.7 Å². The molecule has 0 spiro atoms. The number of carbonyl (C=O) groups is 1. The molecule has 1 rings (SSSR count). The van der Waals surface area contributed by atoms with E-state index in [0.717, 1.165) is 12.2 Å². The normalized spacial score (nSPS) is 10.4. The Labute approximate surface area is 103 Å². The molecule has 0 saturated heterocycles. The quantitative estimate of drug-likeness (QED) is 0.823. The van der Waals surface area contributed by atoms with Crippen molar-refractivity contribution in [2.24, 2.45) is 0 Å². The minimum atomic E-state index is 0.0361. The Hall–Kier alpha value is -1.51. The third kappa shape index (κ3) is 4.89. The Bertz CT molecular complexity index is 361. The van der Waals surface area contributed by atoms with Crippen molar-refractivity contribution in [3.63, 3.8) is 0 Å². The zero-order valence-electron chi connectivity index (χ0n) is 10.8. The van der Waals surface area contributed by atoms with Crippen molar-refractivity contribution in [1.29, 1.82) is 0 Å². The molecule has 0 aromatic heterocycles. The minimum Gasteiger partial charge on any atom is -0.493 e. The summed E-state index contributed by atoms with van der Waals surface area (Å²) in [6.07, 6.45) is 1.34. The average molecular weight is 235 g/mol. The monoisotopic (exact) mass is 235 g/mol. The summed E-state index contributed by atoms with van der Waals surface area (Å²) in [5.74, 6) is 0.918. The molecule has 0 aliphatic carbocycles. The number of rotatable bonds is 6. The third-order valence-corrected chi connectivity index (χ3v) is 2.39. The van der Waals surface area contributed by atoms with Gasteiger partial charge >= 0.3 is 0 Å². The first-order valence-corrected chi connectivity index (χ1v) is 6.13. The van der Waals surface area contributed by atoms with E-state index >= 15 is 0 Å². The highest BCUT2D eigenvalue weighted by Crippen LogP contribution is 2.18. The van der Waals surface area contributed by atoms with E-state index in [1.54, 1.807) is 0 Å². The van der Waals surface area contributed by atoms with E-state index in [4.69, 9.17) is 4.74 Å². The molecule has 1 amide bonds. The Morgan fingerprint density at radius 2 is 2.06 bits per heavy atom. The maximum Gasteiger partial charge on any atom is 0.223 e. The molecular formula is C14H21NO2. The summed E-state index contributed by atoms with van der Waals surface area (Å²) < 4.78 is 5.62. The van der Waals surface area contributed by atoms with Crippen molar-refractivity contribution in [3.05, 3.63) is 29.8 Å². The highest BCUT2D eigenvalue weighted by atomic mass is 16.5. The third-order valence-electron chi connectivity index (χ3n) is 2.39. The van der Waals surface area contributed by atoms with E-state index in [9.17, 15) is 4.79 Å². The molecule has 94 valence electrons. The van der Waals surface area contributed by atoms with E-state index in [1.165, 1.54) is 5.56 Å². The molecule has 1 aromatic rings. The zero-order chi connectivity index (χ0) is 12.7. The smallest absolute Gasteiger partial charge is 0.223 e. The van der Waals surface area contributed by atoms with Crippen LogP contribution < -0.4 is 10.1 Å². The summed E-state index contributed by atoms with van der Waals surface area (Å²) in [5.41, 5.74) is 1.18. The van der Waals surface area contributed by atoms with E-state index in [-0.39, 0.29) is 11.9 Å². The van der Waals surface area contributed by atoms with Gasteiger partial charge in [0.25, 0.3) is 0 Å². The largest absolute Gasteiger partial charge is 0.493 e. The van der Waals surface area contributed by atoms with E-state index < -0.39 is 0 Å². The van der Waals surface area contributed by atoms with Gasteiger partial charge in [-0.25, -0.2) is 0 Å². The van der Waals surface area contributed by atoms with Gasteiger partial charge in [0.15, 0.2) is 0 Å². The summed E-state index contributed by atoms with van der Waals surface area (Å²) in [6.45, 7) is 6.42. The molecular weight excluding hydrogens is 214 g/mol. The van der Waals surface area contributed by atoms with Gasteiger partial charge in [-0.3, -0.25) is 4.79 Å². The molecule has 0 bridgehead atoms. The fraction of sp³-hybridized carbons (Fsp3) is 0.500. The average Bonchev–Trinajstić information content (AvgIpc) is 2.28. The standard InChI is InChI=1S/C14H21NO2/c1-4-12-7-5-6-8-13(12)17-10-9-14(16)15-11(2)3/h5-8,11H,4,9-10H2,1-3H3,(H,15,16). The predicted octanol–water partition coefficient (Wildman–Crippen LogP) is 2.54. The Kier molecular flexibility index (Phi) is 5.53. The van der Waals surface area contributed by atoms with E-state index in [1.807, 2.05) is 38.1 Å². The summed E-state index contributed by atoms with van der Waals surface area (Å²) >= 11 is 0. The molecule has 0 radical (unpaired) electrons. The maximum atomic E-state index is 11.4. The van der Waals surface area contributed by atoms with Crippen LogP contribution in [-0.2, 0) is 11.2 Å². The lowest BCUT2D eigenvalue weighted by atomic mass is 10.1. The Balaban J connectivity index is 2.38. The van der Waals surface area contributed by atoms with Crippen LogP contribution in [0.3, 0.4) is 0 Å². The molecule has 0 heterocycles. The lowest BCUT2D eigenvalue weighted by Gasteiger charge is -2.11. The number of benzene rings is 1. The minimum absolute atomic E-state index is 0.0361. The number of para-hydroxylation sites is 1. The first kappa shape index (κ1) is 13.6. The van der Waals surface area contributed by atoms with Crippen molar-refractivity contribution in [2.75, 3.05) is 6.61 Å². The van der Waals surface area contributed by atoms with Crippen LogP contribution in [0.4, 0.5) is 0 Å². The molecule has 3 nitrogen and oxygen atoms in total. The van der Waals surface area contributed by atoms with Crippen LogP contribution in [0.5, 0.6) is 5.75 Å². The Morgan fingerprint density at radius 1 is 1.35 bits per heavy atom. The zero-order valence-corrected chi connectivity index (χ0v) is 10.8. The molecule has 0 fully saturated rings. The van der Waals surface area contributed by atoms with Gasteiger partial charge in [0.05, 0.1) is 13.0 Å². The van der Waals surface area contributed by atoms with Crippen molar-refractivity contribution in [3.8, 4) is 5.75 Å². The lowest BCUT2D eigenvalue weighted by Crippen LogP contribution is -2.31. The molecule has 1 aromatic carbocycles. The van der Waals surface area contributed by atoms with Crippen LogP contribution in [0, 0.1) is 0 Å². The van der Waals surface area contributed by atoms with Crippen LogP contribution in [0.2, 0.25) is 0 Å². The van der Waals surface area contributed by atoms with Crippen LogP contribution in [0.1, 0.15) is 32.8 Å². The maximum absolute atomic E-state index is 11.4. The van der Waals surface area contributed by atoms with Crippen LogP contribution in [-0.4, -0.2) is 18.6 Å². The Morgan fingerprint density at radius 3 is 2.71 bits per heavy atom. The second-order valence-corrected chi connectivity index (χ2v) is 4.28. The number of amides is 1. The van der Waals surface area contributed by atoms with Crippen LogP contribution >= 0.6 is 0 Å². The highest BCUT2D eigenvalue weighted by molar-refractivity contribution is 5.76. The summed E-state index contributed by atoms with van der Waals surface area (Å²) in [6, 6.07) is 8.12. The molecule has 0 unspecified atom stereocenters. The number of nitrogens with one attached hydrogen (secondary N) is 1. The summed E-state index contributed by atoms with van der Waals surface area (Å²) in [4.78, 5) is 11.4. The van der Waals surface area contributed by atoms with Gasteiger partial charge in [-0.1, -0.05) is 25.1 Å². The number of hydrogen-bond acceptors (Lipinski definition) is 2. The SMILES string of the molecule is CCc1ccccc1OCCC(=O)NC(C)C.